The molecule has 4 aliphatic carbocycles. The van der Waals surface area contributed by atoms with E-state index in [1.54, 1.807) is 12.1 Å². The molecule has 0 N–H and O–H groups in total. The maximum absolute atomic E-state index is 12.9. The lowest BCUT2D eigenvalue weighted by Crippen LogP contribution is -2.40. The molecule has 7 rings (SSSR count). The molecule has 2 bridgehead atoms. The van der Waals surface area contributed by atoms with Crippen LogP contribution < -0.4 is 4.74 Å². The molecule has 1 saturated heterocycles. The van der Waals surface area contributed by atoms with E-state index in [4.69, 9.17) is 4.74 Å². The van der Waals surface area contributed by atoms with Crippen LogP contribution in [0.2, 0.25) is 0 Å². The van der Waals surface area contributed by atoms with Crippen molar-refractivity contribution in [1.82, 2.24) is 4.90 Å². The summed E-state index contributed by atoms with van der Waals surface area (Å²) in [6, 6.07) is 13.2. The van der Waals surface area contributed by atoms with Gasteiger partial charge < -0.3 is 4.74 Å². The van der Waals surface area contributed by atoms with E-state index in [0.29, 0.717) is 17.6 Å². The SMILES string of the molecule is O=C(CN1C(=O)[C@@H]2[C@@H]3C=C[C@H]([C@@H]4C[C@H]34)[C@@H]2C1=O)Oc1ccc2ccccc2c1. The third-order valence-corrected chi connectivity index (χ3v) is 6.99. The molecule has 0 spiro atoms. The van der Waals surface area contributed by atoms with Gasteiger partial charge in [-0.2, -0.15) is 0 Å². The molecule has 1 heterocycles. The van der Waals surface area contributed by atoms with Crippen LogP contribution in [-0.2, 0) is 14.4 Å². The minimum absolute atomic E-state index is 0.165. The molecule has 0 radical (unpaired) electrons. The van der Waals surface area contributed by atoms with Crippen molar-refractivity contribution < 1.29 is 19.1 Å². The fourth-order valence-electron chi connectivity index (χ4n) is 5.70. The Labute approximate surface area is 162 Å². The van der Waals surface area contributed by atoms with Gasteiger partial charge in [-0.05, 0) is 53.0 Å². The van der Waals surface area contributed by atoms with Crippen molar-refractivity contribution in [2.45, 2.75) is 6.42 Å². The van der Waals surface area contributed by atoms with Crippen molar-refractivity contribution in [3.05, 3.63) is 54.6 Å². The van der Waals surface area contributed by atoms with Crippen LogP contribution in [0.5, 0.6) is 5.75 Å². The zero-order valence-corrected chi connectivity index (χ0v) is 15.2. The zero-order chi connectivity index (χ0) is 19.0. The fraction of sp³-hybridized carbons (Fsp3) is 0.348. The summed E-state index contributed by atoms with van der Waals surface area (Å²) in [5.41, 5.74) is 0. The van der Waals surface area contributed by atoms with Crippen LogP contribution in [0.3, 0.4) is 0 Å². The Morgan fingerprint density at radius 3 is 2.25 bits per heavy atom. The first-order valence-electron chi connectivity index (χ1n) is 9.85. The van der Waals surface area contributed by atoms with Gasteiger partial charge in [0.2, 0.25) is 11.8 Å². The summed E-state index contributed by atoms with van der Waals surface area (Å²) < 4.78 is 5.43. The maximum atomic E-state index is 12.9. The molecule has 2 aromatic rings. The fourth-order valence-corrected chi connectivity index (χ4v) is 5.70. The molecule has 0 unspecified atom stereocenters. The summed E-state index contributed by atoms with van der Waals surface area (Å²) in [6.45, 7) is -0.313. The van der Waals surface area contributed by atoms with E-state index < -0.39 is 5.97 Å². The highest BCUT2D eigenvalue weighted by atomic mass is 16.5. The number of esters is 1. The van der Waals surface area contributed by atoms with E-state index >= 15 is 0 Å². The highest BCUT2D eigenvalue weighted by molar-refractivity contribution is 6.08. The number of carbonyl (C=O) groups is 3. The molecule has 2 saturated carbocycles. The summed E-state index contributed by atoms with van der Waals surface area (Å²) in [4.78, 5) is 39.5. The van der Waals surface area contributed by atoms with Gasteiger partial charge in [-0.1, -0.05) is 42.5 Å². The molecule has 28 heavy (non-hydrogen) atoms. The first-order chi connectivity index (χ1) is 13.6. The van der Waals surface area contributed by atoms with E-state index in [9.17, 15) is 14.4 Å². The molecule has 3 fully saturated rings. The van der Waals surface area contributed by atoms with Crippen LogP contribution in [0.25, 0.3) is 10.8 Å². The first kappa shape index (κ1) is 16.0. The number of allylic oxidation sites excluding steroid dienone is 2. The third kappa shape index (κ3) is 2.16. The second kappa shape index (κ2) is 5.53. The average Bonchev–Trinajstić information content (AvgIpc) is 3.49. The van der Waals surface area contributed by atoms with Crippen molar-refractivity contribution in [2.75, 3.05) is 6.54 Å². The van der Waals surface area contributed by atoms with Gasteiger partial charge in [-0.3, -0.25) is 14.5 Å². The number of imide groups is 1. The van der Waals surface area contributed by atoms with E-state index in [-0.39, 0.29) is 42.0 Å². The van der Waals surface area contributed by atoms with Gasteiger partial charge in [0, 0.05) is 0 Å². The van der Waals surface area contributed by atoms with Gasteiger partial charge in [0.15, 0.2) is 0 Å². The Kier molecular flexibility index (Phi) is 3.17. The van der Waals surface area contributed by atoms with Crippen LogP contribution >= 0.6 is 0 Å². The lowest BCUT2D eigenvalue weighted by atomic mass is 9.63. The summed E-state index contributed by atoms with van der Waals surface area (Å²) in [6.07, 6.45) is 5.38. The highest BCUT2D eigenvalue weighted by Gasteiger charge is 2.67. The second-order valence-electron chi connectivity index (χ2n) is 8.40. The van der Waals surface area contributed by atoms with Crippen molar-refractivity contribution >= 4 is 28.6 Å². The normalized spacial score (nSPS) is 34.5. The molecule has 2 amide bonds. The number of nitrogens with zero attached hydrogens (tertiary/aromatic N) is 1. The minimum Gasteiger partial charge on any atom is -0.425 e. The maximum Gasteiger partial charge on any atom is 0.331 e. The number of rotatable bonds is 3. The molecule has 140 valence electrons. The Balaban J connectivity index is 1.20. The molecule has 0 aromatic heterocycles. The standard InChI is InChI=1S/C23H19NO4/c25-19(28-14-6-5-12-3-1-2-4-13(12)9-14)11-24-22(26)20-15-7-8-16(18-10-17(15)18)21(20)23(24)27/h1-9,15-18,20-21H,10-11H2/t15-,16-,17-,18+,20-,21+/m1/s1. The number of carbonyl (C=O) groups excluding carboxylic acids is 3. The van der Waals surface area contributed by atoms with Gasteiger partial charge in [-0.25, -0.2) is 4.79 Å². The molecular weight excluding hydrogens is 354 g/mol. The quantitative estimate of drug-likeness (QED) is 0.359. The number of amides is 2. The number of fused-ring (bicyclic) bond motifs is 1. The summed E-state index contributed by atoms with van der Waals surface area (Å²) in [7, 11) is 0. The Hall–Kier alpha value is -2.95. The molecule has 5 heteroatoms. The van der Waals surface area contributed by atoms with E-state index in [2.05, 4.69) is 12.2 Å². The largest absolute Gasteiger partial charge is 0.425 e. The summed E-state index contributed by atoms with van der Waals surface area (Å²) in [5.74, 6) is 0.319. The predicted molar refractivity (Wildman–Crippen MR) is 101 cm³/mol. The van der Waals surface area contributed by atoms with Crippen LogP contribution in [0.4, 0.5) is 0 Å². The van der Waals surface area contributed by atoms with Crippen molar-refractivity contribution in [2.24, 2.45) is 35.5 Å². The second-order valence-corrected chi connectivity index (χ2v) is 8.40. The van der Waals surface area contributed by atoms with E-state index in [0.717, 1.165) is 22.1 Å². The van der Waals surface area contributed by atoms with Gasteiger partial charge in [-0.15, -0.1) is 0 Å². The average molecular weight is 373 g/mol. The number of benzene rings is 2. The van der Waals surface area contributed by atoms with Crippen LogP contribution in [0.15, 0.2) is 54.6 Å². The molecule has 2 aromatic carbocycles. The number of likely N-dealkylation sites (tertiary alicyclic amines) is 1. The molecule has 1 aliphatic heterocycles. The smallest absolute Gasteiger partial charge is 0.331 e. The van der Waals surface area contributed by atoms with E-state index in [1.807, 2.05) is 30.3 Å². The Morgan fingerprint density at radius 2 is 1.57 bits per heavy atom. The lowest BCUT2D eigenvalue weighted by molar-refractivity contribution is -0.148. The highest BCUT2D eigenvalue weighted by Crippen LogP contribution is 2.65. The number of hydrogen-bond acceptors (Lipinski definition) is 4. The van der Waals surface area contributed by atoms with Crippen LogP contribution in [-0.4, -0.2) is 29.2 Å². The molecule has 6 atom stereocenters. The first-order valence-corrected chi connectivity index (χ1v) is 9.85. The summed E-state index contributed by atoms with van der Waals surface area (Å²) in [5, 5.41) is 2.02. The monoisotopic (exact) mass is 373 g/mol. The predicted octanol–water partition coefficient (Wildman–Crippen LogP) is 2.80. The zero-order valence-electron chi connectivity index (χ0n) is 15.2. The van der Waals surface area contributed by atoms with Crippen LogP contribution in [0.1, 0.15) is 6.42 Å². The lowest BCUT2D eigenvalue weighted by Gasteiger charge is -2.37. The minimum atomic E-state index is -0.582. The Morgan fingerprint density at radius 1 is 0.929 bits per heavy atom. The van der Waals surface area contributed by atoms with Gasteiger partial charge in [0.05, 0.1) is 11.8 Å². The molecule has 5 nitrogen and oxygen atoms in total. The van der Waals surface area contributed by atoms with Crippen molar-refractivity contribution in [1.29, 1.82) is 0 Å². The number of ether oxygens (including phenoxy) is 1. The molecule has 5 aliphatic rings. The van der Waals surface area contributed by atoms with Crippen molar-refractivity contribution in [3.8, 4) is 5.75 Å². The molecular formula is C23H19NO4. The summed E-state index contributed by atoms with van der Waals surface area (Å²) >= 11 is 0. The van der Waals surface area contributed by atoms with Gasteiger partial charge in [0.25, 0.3) is 0 Å². The van der Waals surface area contributed by atoms with Crippen LogP contribution in [0, 0.1) is 35.5 Å². The van der Waals surface area contributed by atoms with Gasteiger partial charge >= 0.3 is 5.97 Å². The van der Waals surface area contributed by atoms with E-state index in [1.165, 1.54) is 0 Å². The topological polar surface area (TPSA) is 63.7 Å². The number of hydrogen-bond donors (Lipinski definition) is 0. The van der Waals surface area contributed by atoms with Gasteiger partial charge in [0.1, 0.15) is 12.3 Å². The third-order valence-electron chi connectivity index (χ3n) is 6.99. The Bertz CT molecular complexity index is 1040. The van der Waals surface area contributed by atoms with Crippen molar-refractivity contribution in [3.63, 3.8) is 0 Å².